The number of nitrogens with zero attached hydrogens (tertiary/aromatic N) is 3. The van der Waals surface area contributed by atoms with Crippen LogP contribution in [0.3, 0.4) is 0 Å². The zero-order valence-corrected chi connectivity index (χ0v) is 20.6. The third-order valence-corrected chi connectivity index (χ3v) is 7.09. The molecule has 29 heavy (non-hydrogen) atoms. The van der Waals surface area contributed by atoms with Gasteiger partial charge in [-0.15, -0.1) is 3.97 Å². The molecule has 0 N–H and O–H groups in total. The number of hydrogen-bond donors (Lipinski definition) is 0. The molecule has 172 valence electrons. The van der Waals surface area contributed by atoms with E-state index >= 15 is 0 Å². The van der Waals surface area contributed by atoms with Gasteiger partial charge < -0.3 is 12.4 Å². The van der Waals surface area contributed by atoms with E-state index in [0.29, 0.717) is 0 Å². The lowest BCUT2D eigenvalue weighted by Gasteiger charge is -2.05. The first-order chi connectivity index (χ1) is 13.5. The van der Waals surface area contributed by atoms with Gasteiger partial charge in [-0.3, -0.25) is 0 Å². The summed E-state index contributed by atoms with van der Waals surface area (Å²) in [5, 5.41) is 0. The number of hydrogen-bond acceptors (Lipinski definition) is 2. The van der Waals surface area contributed by atoms with E-state index in [-0.39, 0.29) is 12.4 Å². The van der Waals surface area contributed by atoms with Crippen LogP contribution in [0.4, 0.5) is 0 Å². The number of unbranched alkanes of at least 4 members (excludes halogenated alkanes) is 14. The minimum absolute atomic E-state index is 0. The van der Waals surface area contributed by atoms with Crippen molar-refractivity contribution in [2.75, 3.05) is 14.1 Å². The van der Waals surface area contributed by atoms with Gasteiger partial charge in [0, 0.05) is 14.1 Å². The van der Waals surface area contributed by atoms with Crippen molar-refractivity contribution in [1.29, 1.82) is 0 Å². The first-order valence-electron chi connectivity index (χ1n) is 11.5. The second kappa shape index (κ2) is 17.1. The van der Waals surface area contributed by atoms with Crippen molar-refractivity contribution in [1.82, 2.24) is 8.28 Å². The zero-order chi connectivity index (χ0) is 20.7. The number of aromatic nitrogens is 2. The largest absolute Gasteiger partial charge is 1.00 e. The SMILES string of the molecule is CCCCCCCCCCCCCCCCC[n+]1ccn(S(=O)(=O)N(C)C)c1.[Cl-]. The summed E-state index contributed by atoms with van der Waals surface area (Å²) < 4.78 is 28.5. The van der Waals surface area contributed by atoms with E-state index in [0.717, 1.165) is 13.0 Å². The number of halogens is 1. The Kier molecular flexibility index (Phi) is 16.8. The number of aryl methyl sites for hydroxylation is 1. The van der Waals surface area contributed by atoms with Crippen LogP contribution in [0.25, 0.3) is 0 Å². The zero-order valence-electron chi connectivity index (χ0n) is 19.0. The first-order valence-corrected chi connectivity index (χ1v) is 12.9. The predicted molar refractivity (Wildman–Crippen MR) is 118 cm³/mol. The number of rotatable bonds is 18. The predicted octanol–water partition coefficient (Wildman–Crippen LogP) is 2.31. The maximum atomic E-state index is 12.0. The van der Waals surface area contributed by atoms with E-state index in [2.05, 4.69) is 6.92 Å². The van der Waals surface area contributed by atoms with Crippen molar-refractivity contribution in [2.45, 2.75) is 110 Å². The molecular weight excluding hydrogens is 406 g/mol. The van der Waals surface area contributed by atoms with Crippen LogP contribution in [-0.4, -0.2) is 30.8 Å². The van der Waals surface area contributed by atoms with Crippen LogP contribution in [0.15, 0.2) is 18.7 Å². The normalized spacial score (nSPS) is 11.7. The molecule has 0 aliphatic heterocycles. The standard InChI is InChI=1S/C22H44N3O2S.ClH/c1-4-5-6-7-8-9-10-11-12-13-14-15-16-17-18-19-24-20-21-25(22-24)28(26,27)23(2)3;/h20-22H,4-19H2,1-3H3;1H/q+1;/p-1. The average Bonchev–Trinajstić information content (AvgIpc) is 3.14. The van der Waals surface area contributed by atoms with Crippen LogP contribution >= 0.6 is 0 Å². The fraction of sp³-hybridized carbons (Fsp3) is 0.864. The van der Waals surface area contributed by atoms with Crippen LogP contribution < -0.4 is 17.0 Å². The Morgan fingerprint density at radius 1 is 0.759 bits per heavy atom. The molecule has 0 aliphatic carbocycles. The van der Waals surface area contributed by atoms with Gasteiger partial charge in [0.05, 0.1) is 6.54 Å². The van der Waals surface area contributed by atoms with Crippen molar-refractivity contribution in [3.05, 3.63) is 18.7 Å². The molecule has 0 amide bonds. The second-order valence-corrected chi connectivity index (χ2v) is 10.3. The molecule has 0 saturated heterocycles. The highest BCUT2D eigenvalue weighted by atomic mass is 35.5. The highest BCUT2D eigenvalue weighted by Crippen LogP contribution is 2.13. The van der Waals surface area contributed by atoms with Gasteiger partial charge in [0.2, 0.25) is 0 Å². The van der Waals surface area contributed by atoms with Crippen LogP contribution in [0.1, 0.15) is 103 Å². The quantitative estimate of drug-likeness (QED) is 0.255. The minimum Gasteiger partial charge on any atom is -1.00 e. The molecule has 0 aromatic carbocycles. The average molecular weight is 450 g/mol. The molecule has 1 aromatic heterocycles. The smallest absolute Gasteiger partial charge is 0.379 e. The second-order valence-electron chi connectivity index (χ2n) is 8.22. The summed E-state index contributed by atoms with van der Waals surface area (Å²) in [6.45, 7) is 3.16. The monoisotopic (exact) mass is 449 g/mol. The molecule has 0 bridgehead atoms. The summed E-state index contributed by atoms with van der Waals surface area (Å²) in [5.41, 5.74) is 0. The van der Waals surface area contributed by atoms with Crippen LogP contribution in [0.2, 0.25) is 0 Å². The van der Waals surface area contributed by atoms with E-state index in [1.54, 1.807) is 26.6 Å². The molecule has 0 spiro atoms. The Morgan fingerprint density at radius 2 is 1.17 bits per heavy atom. The van der Waals surface area contributed by atoms with E-state index < -0.39 is 10.2 Å². The van der Waals surface area contributed by atoms with Gasteiger partial charge in [-0.2, -0.15) is 12.7 Å². The molecule has 0 aliphatic rings. The lowest BCUT2D eigenvalue weighted by atomic mass is 10.0. The summed E-state index contributed by atoms with van der Waals surface area (Å²) >= 11 is 0. The van der Waals surface area contributed by atoms with Crippen LogP contribution in [0.5, 0.6) is 0 Å². The summed E-state index contributed by atoms with van der Waals surface area (Å²) in [7, 11) is -0.287. The van der Waals surface area contributed by atoms with Crippen LogP contribution in [-0.2, 0) is 16.8 Å². The van der Waals surface area contributed by atoms with E-state index in [9.17, 15) is 8.42 Å². The molecule has 0 fully saturated rings. The minimum atomic E-state index is -3.39. The Bertz CT molecular complexity index is 603. The molecule has 0 atom stereocenters. The van der Waals surface area contributed by atoms with E-state index in [1.807, 2.05) is 10.8 Å². The maximum Gasteiger partial charge on any atom is 0.379 e. The van der Waals surface area contributed by atoms with Gasteiger partial charge >= 0.3 is 10.2 Å². The fourth-order valence-electron chi connectivity index (χ4n) is 3.50. The topological polar surface area (TPSA) is 46.2 Å². The third kappa shape index (κ3) is 12.6. The molecule has 0 saturated carbocycles. The van der Waals surface area contributed by atoms with Crippen molar-refractivity contribution in [3.8, 4) is 0 Å². The van der Waals surface area contributed by atoms with Crippen molar-refractivity contribution in [2.24, 2.45) is 0 Å². The van der Waals surface area contributed by atoms with Gasteiger partial charge in [-0.1, -0.05) is 90.4 Å². The molecular formula is C22H44ClN3O2S. The van der Waals surface area contributed by atoms with E-state index in [1.165, 1.54) is 98.2 Å². The first kappa shape index (κ1) is 28.4. The summed E-state index contributed by atoms with van der Waals surface area (Å²) in [6.07, 6.45) is 25.5. The lowest BCUT2D eigenvalue weighted by molar-refractivity contribution is -0.696. The molecule has 1 rings (SSSR count). The van der Waals surface area contributed by atoms with Crippen molar-refractivity contribution < 1.29 is 25.4 Å². The maximum absolute atomic E-state index is 12.0. The lowest BCUT2D eigenvalue weighted by Crippen LogP contribution is -3.00. The van der Waals surface area contributed by atoms with Gasteiger partial charge in [0.25, 0.3) is 6.33 Å². The van der Waals surface area contributed by atoms with Crippen molar-refractivity contribution in [3.63, 3.8) is 0 Å². The van der Waals surface area contributed by atoms with Gasteiger partial charge in [-0.25, -0.2) is 4.57 Å². The van der Waals surface area contributed by atoms with E-state index in [4.69, 9.17) is 0 Å². The highest BCUT2D eigenvalue weighted by molar-refractivity contribution is 7.87. The van der Waals surface area contributed by atoms with Crippen LogP contribution in [0, 0.1) is 0 Å². The molecule has 7 heteroatoms. The Hall–Kier alpha value is -0.590. The Balaban J connectivity index is 0.00000784. The molecule has 1 heterocycles. The fourth-order valence-corrected chi connectivity index (χ4v) is 4.32. The molecule has 0 unspecified atom stereocenters. The third-order valence-electron chi connectivity index (χ3n) is 5.41. The van der Waals surface area contributed by atoms with Gasteiger partial charge in [0.15, 0.2) is 0 Å². The summed E-state index contributed by atoms with van der Waals surface area (Å²) in [4.78, 5) is 0. The summed E-state index contributed by atoms with van der Waals surface area (Å²) in [5.74, 6) is 0. The molecule has 0 radical (unpaired) electrons. The molecule has 1 aromatic rings. The summed E-state index contributed by atoms with van der Waals surface area (Å²) in [6, 6.07) is 0. The van der Waals surface area contributed by atoms with Gasteiger partial charge in [-0.05, 0) is 12.8 Å². The Morgan fingerprint density at radius 3 is 1.59 bits per heavy atom. The highest BCUT2D eigenvalue weighted by Gasteiger charge is 2.22. The van der Waals surface area contributed by atoms with Gasteiger partial charge in [0.1, 0.15) is 12.4 Å². The van der Waals surface area contributed by atoms with Crippen molar-refractivity contribution >= 4 is 10.2 Å². The Labute approximate surface area is 186 Å². The molecule has 5 nitrogen and oxygen atoms in total. The number of imidazole rings is 1.